The Kier molecular flexibility index (Phi) is 7.09. The first-order valence-corrected chi connectivity index (χ1v) is 12.3. The number of anilines is 2. The largest absolute Gasteiger partial charge is 0.497 e. The van der Waals surface area contributed by atoms with Crippen molar-refractivity contribution in [1.29, 1.82) is 0 Å². The fourth-order valence-corrected chi connectivity index (χ4v) is 4.24. The van der Waals surface area contributed by atoms with Crippen LogP contribution < -0.4 is 20.3 Å². The summed E-state index contributed by atoms with van der Waals surface area (Å²) in [6, 6.07) is 20.9. The molecule has 37 heavy (non-hydrogen) atoms. The molecule has 5 rings (SSSR count). The summed E-state index contributed by atoms with van der Waals surface area (Å²) < 4.78 is 12.5. The molecule has 1 saturated heterocycles. The average Bonchev–Trinajstić information content (AvgIpc) is 3.47. The van der Waals surface area contributed by atoms with E-state index in [1.165, 1.54) is 10.9 Å². The van der Waals surface area contributed by atoms with Crippen LogP contribution in [0, 0.1) is 0 Å². The maximum atomic E-state index is 13.6. The van der Waals surface area contributed by atoms with Gasteiger partial charge in [0.15, 0.2) is 11.4 Å². The molecule has 1 N–H and O–H groups in total. The Morgan fingerprint density at radius 1 is 0.919 bits per heavy atom. The van der Waals surface area contributed by atoms with E-state index < -0.39 is 5.56 Å². The van der Waals surface area contributed by atoms with E-state index in [2.05, 4.69) is 10.4 Å². The zero-order valence-electron chi connectivity index (χ0n) is 20.2. The van der Waals surface area contributed by atoms with Crippen LogP contribution in [0.25, 0.3) is 5.69 Å². The van der Waals surface area contributed by atoms with E-state index >= 15 is 0 Å². The number of carbonyl (C=O) groups is 1. The van der Waals surface area contributed by atoms with Gasteiger partial charge in [0.1, 0.15) is 11.5 Å². The first-order chi connectivity index (χ1) is 18.0. The van der Waals surface area contributed by atoms with Crippen LogP contribution in [0.15, 0.2) is 83.8 Å². The number of methoxy groups -OCH3 is 1. The average molecular weight is 517 g/mol. The van der Waals surface area contributed by atoms with E-state index in [0.717, 1.165) is 25.9 Å². The number of carbonyl (C=O) groups excluding carboxylic acids is 1. The first-order valence-electron chi connectivity index (χ1n) is 11.9. The number of aromatic nitrogens is 2. The molecule has 0 spiro atoms. The van der Waals surface area contributed by atoms with Crippen LogP contribution in [-0.2, 0) is 0 Å². The molecular formula is C28H25ClN4O4. The molecule has 4 aromatic rings. The van der Waals surface area contributed by atoms with Crippen LogP contribution in [0.1, 0.15) is 23.2 Å². The zero-order valence-corrected chi connectivity index (χ0v) is 20.9. The van der Waals surface area contributed by atoms with Crippen LogP contribution in [0.4, 0.5) is 11.4 Å². The van der Waals surface area contributed by atoms with Gasteiger partial charge in [0.05, 0.1) is 19.0 Å². The molecule has 1 aromatic heterocycles. The predicted octanol–water partition coefficient (Wildman–Crippen LogP) is 5.67. The van der Waals surface area contributed by atoms with Crippen LogP contribution in [0.5, 0.6) is 17.2 Å². The summed E-state index contributed by atoms with van der Waals surface area (Å²) in [5, 5.41) is 8.03. The number of nitrogens with zero attached hydrogens (tertiary/aromatic N) is 3. The number of nitrogens with one attached hydrogen (secondary N) is 1. The minimum atomic E-state index is -0.412. The van der Waals surface area contributed by atoms with Crippen molar-refractivity contribution in [3.05, 3.63) is 99.9 Å². The maximum Gasteiger partial charge on any atom is 0.299 e. The lowest BCUT2D eigenvalue weighted by molar-refractivity contribution is 0.0793. The quantitative estimate of drug-likeness (QED) is 0.341. The SMILES string of the molecule is COc1ccc(Oc2cnn(-c3ccc(Cl)cc3)c(=O)c2Nc2ccc(C(=O)N3CCCC3)cc2)cc1. The smallest absolute Gasteiger partial charge is 0.299 e. The van der Waals surface area contributed by atoms with Crippen LogP contribution in [-0.4, -0.2) is 40.8 Å². The molecule has 0 saturated carbocycles. The summed E-state index contributed by atoms with van der Waals surface area (Å²) in [5.74, 6) is 1.46. The van der Waals surface area contributed by atoms with Gasteiger partial charge in [0, 0.05) is 29.4 Å². The molecule has 1 amide bonds. The molecule has 8 nitrogen and oxygen atoms in total. The van der Waals surface area contributed by atoms with Gasteiger partial charge in [-0.2, -0.15) is 9.78 Å². The highest BCUT2D eigenvalue weighted by molar-refractivity contribution is 6.30. The van der Waals surface area contributed by atoms with Crippen molar-refractivity contribution in [2.75, 3.05) is 25.5 Å². The molecule has 2 heterocycles. The second kappa shape index (κ2) is 10.8. The third-order valence-corrected chi connectivity index (χ3v) is 6.35. The second-order valence-corrected chi connectivity index (χ2v) is 8.99. The summed E-state index contributed by atoms with van der Waals surface area (Å²) in [6.45, 7) is 1.57. The number of ether oxygens (including phenoxy) is 2. The molecule has 188 valence electrons. The maximum absolute atomic E-state index is 13.6. The topological polar surface area (TPSA) is 85.7 Å². The van der Waals surface area contributed by atoms with Gasteiger partial charge in [0.2, 0.25) is 0 Å². The highest BCUT2D eigenvalue weighted by Crippen LogP contribution is 2.30. The third-order valence-electron chi connectivity index (χ3n) is 6.10. The molecule has 3 aromatic carbocycles. The number of likely N-dealkylation sites (tertiary alicyclic amines) is 1. The van der Waals surface area contributed by atoms with Crippen molar-refractivity contribution in [2.24, 2.45) is 0 Å². The molecule has 0 aliphatic carbocycles. The number of hydrogen-bond acceptors (Lipinski definition) is 6. The minimum Gasteiger partial charge on any atom is -0.497 e. The number of hydrogen-bond donors (Lipinski definition) is 1. The van der Waals surface area contributed by atoms with E-state index in [1.807, 2.05) is 4.90 Å². The fourth-order valence-electron chi connectivity index (χ4n) is 4.11. The summed E-state index contributed by atoms with van der Waals surface area (Å²) in [7, 11) is 1.59. The Bertz CT molecular complexity index is 1450. The Hall–Kier alpha value is -4.30. The third kappa shape index (κ3) is 5.44. The van der Waals surface area contributed by atoms with Crippen molar-refractivity contribution in [2.45, 2.75) is 12.8 Å². The van der Waals surface area contributed by atoms with Crippen molar-refractivity contribution in [3.63, 3.8) is 0 Å². The highest BCUT2D eigenvalue weighted by atomic mass is 35.5. The summed E-state index contributed by atoms with van der Waals surface area (Å²) in [5.41, 5.74) is 1.57. The van der Waals surface area contributed by atoms with E-state index in [1.54, 1.807) is 79.9 Å². The Morgan fingerprint density at radius 2 is 1.57 bits per heavy atom. The highest BCUT2D eigenvalue weighted by Gasteiger charge is 2.20. The molecule has 0 unspecified atom stereocenters. The Balaban J connectivity index is 1.48. The molecule has 0 atom stereocenters. The van der Waals surface area contributed by atoms with Gasteiger partial charge in [-0.15, -0.1) is 0 Å². The number of amides is 1. The lowest BCUT2D eigenvalue weighted by Crippen LogP contribution is -2.27. The fraction of sp³-hybridized carbons (Fsp3) is 0.179. The molecule has 0 radical (unpaired) electrons. The molecule has 1 aliphatic rings. The Labute approximate surface area is 219 Å². The van der Waals surface area contributed by atoms with Gasteiger partial charge in [-0.1, -0.05) is 11.6 Å². The Morgan fingerprint density at radius 3 is 2.22 bits per heavy atom. The van der Waals surface area contributed by atoms with Gasteiger partial charge in [-0.05, 0) is 85.6 Å². The summed E-state index contributed by atoms with van der Waals surface area (Å²) in [4.78, 5) is 28.1. The molecule has 1 fully saturated rings. The number of halogens is 1. The molecular weight excluding hydrogens is 492 g/mol. The lowest BCUT2D eigenvalue weighted by Gasteiger charge is -2.16. The normalized spacial score (nSPS) is 12.9. The van der Waals surface area contributed by atoms with Crippen molar-refractivity contribution in [1.82, 2.24) is 14.7 Å². The number of rotatable bonds is 7. The van der Waals surface area contributed by atoms with Crippen molar-refractivity contribution >= 4 is 28.9 Å². The van der Waals surface area contributed by atoms with Crippen molar-refractivity contribution < 1.29 is 14.3 Å². The van der Waals surface area contributed by atoms with Gasteiger partial charge in [-0.25, -0.2) is 0 Å². The molecule has 9 heteroatoms. The van der Waals surface area contributed by atoms with E-state index in [9.17, 15) is 9.59 Å². The van der Waals surface area contributed by atoms with E-state index in [4.69, 9.17) is 21.1 Å². The van der Waals surface area contributed by atoms with Crippen LogP contribution in [0.3, 0.4) is 0 Å². The standard InChI is InChI=1S/C28H25ClN4O4/c1-36-23-12-14-24(15-13-23)37-25-18-30-33(22-10-6-20(29)7-11-22)28(35)26(25)31-21-8-4-19(5-9-21)27(34)32-16-2-3-17-32/h4-15,18,31H,2-3,16-17H2,1H3. The number of benzene rings is 3. The van der Waals surface area contributed by atoms with Crippen LogP contribution in [0.2, 0.25) is 5.02 Å². The molecule has 0 bridgehead atoms. The van der Waals surface area contributed by atoms with Crippen molar-refractivity contribution in [3.8, 4) is 22.9 Å². The predicted molar refractivity (Wildman–Crippen MR) is 143 cm³/mol. The zero-order chi connectivity index (χ0) is 25.8. The van der Waals surface area contributed by atoms with E-state index in [-0.39, 0.29) is 17.3 Å². The second-order valence-electron chi connectivity index (χ2n) is 8.56. The minimum absolute atomic E-state index is 0.0154. The van der Waals surface area contributed by atoms with Gasteiger partial charge in [0.25, 0.3) is 11.5 Å². The monoisotopic (exact) mass is 516 g/mol. The van der Waals surface area contributed by atoms with E-state index in [0.29, 0.717) is 33.5 Å². The summed E-state index contributed by atoms with van der Waals surface area (Å²) in [6.07, 6.45) is 3.54. The van der Waals surface area contributed by atoms with Crippen LogP contribution >= 0.6 is 11.6 Å². The molecule has 1 aliphatic heterocycles. The van der Waals surface area contributed by atoms with Gasteiger partial charge >= 0.3 is 0 Å². The van der Waals surface area contributed by atoms with Gasteiger partial charge < -0.3 is 19.7 Å². The summed E-state index contributed by atoms with van der Waals surface area (Å²) >= 11 is 6.01. The first kappa shape index (κ1) is 24.4. The lowest BCUT2D eigenvalue weighted by atomic mass is 10.2. The van der Waals surface area contributed by atoms with Gasteiger partial charge in [-0.3, -0.25) is 9.59 Å².